The first-order valence-corrected chi connectivity index (χ1v) is 9.78. The molecule has 7 nitrogen and oxygen atoms in total. The van der Waals surface area contributed by atoms with Gasteiger partial charge in [-0.3, -0.25) is 9.48 Å². The molecule has 1 amide bonds. The Morgan fingerprint density at radius 3 is 2.77 bits per heavy atom. The summed E-state index contributed by atoms with van der Waals surface area (Å²) in [5, 5.41) is 11.5. The van der Waals surface area contributed by atoms with Gasteiger partial charge in [0.05, 0.1) is 24.0 Å². The summed E-state index contributed by atoms with van der Waals surface area (Å²) in [6.07, 6.45) is 3.24. The molecule has 0 aliphatic rings. The highest BCUT2D eigenvalue weighted by Crippen LogP contribution is 2.20. The molecule has 0 radical (unpaired) electrons. The zero-order valence-corrected chi connectivity index (χ0v) is 17.3. The lowest BCUT2D eigenvalue weighted by Crippen LogP contribution is -2.15. The normalized spacial score (nSPS) is 10.8. The molecule has 0 fully saturated rings. The second-order valence-electron chi connectivity index (χ2n) is 6.78. The summed E-state index contributed by atoms with van der Waals surface area (Å²) in [6, 6.07) is 13.1. The second-order valence-corrected chi connectivity index (χ2v) is 7.19. The number of nitrogens with zero attached hydrogens (tertiary/aromatic N) is 3. The average molecular weight is 441 g/mol. The van der Waals surface area contributed by atoms with Crippen LogP contribution in [0.4, 0.5) is 10.1 Å². The van der Waals surface area contributed by atoms with Crippen molar-refractivity contribution in [3.05, 3.63) is 94.3 Å². The van der Waals surface area contributed by atoms with Gasteiger partial charge in [0.25, 0.3) is 5.91 Å². The van der Waals surface area contributed by atoms with Gasteiger partial charge in [-0.1, -0.05) is 35.0 Å². The van der Waals surface area contributed by atoms with E-state index in [0.717, 1.165) is 5.56 Å². The summed E-state index contributed by atoms with van der Waals surface area (Å²) in [5.41, 5.74) is 2.03. The van der Waals surface area contributed by atoms with Gasteiger partial charge < -0.3 is 14.6 Å². The van der Waals surface area contributed by atoms with Crippen molar-refractivity contribution in [2.45, 2.75) is 20.1 Å². The summed E-state index contributed by atoms with van der Waals surface area (Å²) in [7, 11) is 0. The number of ether oxygens (including phenoxy) is 1. The van der Waals surface area contributed by atoms with E-state index in [1.54, 1.807) is 17.8 Å². The van der Waals surface area contributed by atoms with E-state index in [2.05, 4.69) is 15.6 Å². The fraction of sp³-hybridized carbons (Fsp3) is 0.136. The second kappa shape index (κ2) is 9.01. The Bertz CT molecular complexity index is 1200. The Morgan fingerprint density at radius 2 is 2.00 bits per heavy atom. The smallest absolute Gasteiger partial charge is 0.278 e. The van der Waals surface area contributed by atoms with Crippen molar-refractivity contribution >= 4 is 23.2 Å². The number of benzene rings is 2. The standard InChI is InChI=1S/C22H18ClFN4O3/c1-14-19(13-30-18-8-6-16(24)7-9-18)21(27-31-14)22(29)26-17-10-25-28(12-17)11-15-4-2-3-5-20(15)23/h2-10,12H,11,13H2,1H3,(H,26,29). The number of carbonyl (C=O) groups excluding carboxylic acids is 1. The highest BCUT2D eigenvalue weighted by atomic mass is 35.5. The minimum atomic E-state index is -0.452. The minimum absolute atomic E-state index is 0.0511. The van der Waals surface area contributed by atoms with Crippen LogP contribution in [0.5, 0.6) is 5.75 Å². The van der Waals surface area contributed by atoms with Crippen LogP contribution in [0.2, 0.25) is 5.02 Å². The summed E-state index contributed by atoms with van der Waals surface area (Å²) in [4.78, 5) is 12.7. The molecule has 0 saturated heterocycles. The lowest BCUT2D eigenvalue weighted by molar-refractivity contribution is 0.101. The number of carbonyl (C=O) groups is 1. The fourth-order valence-corrected chi connectivity index (χ4v) is 3.13. The minimum Gasteiger partial charge on any atom is -0.489 e. The number of aromatic nitrogens is 3. The molecule has 31 heavy (non-hydrogen) atoms. The van der Waals surface area contributed by atoms with E-state index in [1.807, 2.05) is 24.3 Å². The lowest BCUT2D eigenvalue weighted by atomic mass is 10.2. The number of rotatable bonds is 7. The van der Waals surface area contributed by atoms with Crippen molar-refractivity contribution < 1.29 is 18.4 Å². The SMILES string of the molecule is Cc1onc(C(=O)Nc2cnn(Cc3ccccc3Cl)c2)c1COc1ccc(F)cc1. The van der Waals surface area contributed by atoms with Crippen molar-refractivity contribution in [1.82, 2.24) is 14.9 Å². The monoisotopic (exact) mass is 440 g/mol. The van der Waals surface area contributed by atoms with Crippen molar-refractivity contribution in [1.29, 1.82) is 0 Å². The molecule has 2 aromatic heterocycles. The van der Waals surface area contributed by atoms with Crippen LogP contribution in [-0.2, 0) is 13.2 Å². The number of hydrogen-bond donors (Lipinski definition) is 1. The van der Waals surface area contributed by atoms with Crippen molar-refractivity contribution in [3.8, 4) is 5.75 Å². The van der Waals surface area contributed by atoms with Gasteiger partial charge in [0.15, 0.2) is 5.69 Å². The topological polar surface area (TPSA) is 82.2 Å². The van der Waals surface area contributed by atoms with Gasteiger partial charge in [-0.2, -0.15) is 5.10 Å². The maximum Gasteiger partial charge on any atom is 0.278 e. The first-order valence-electron chi connectivity index (χ1n) is 9.40. The fourth-order valence-electron chi connectivity index (χ4n) is 2.93. The first-order chi connectivity index (χ1) is 15.0. The molecule has 0 bridgehead atoms. The number of nitrogens with one attached hydrogen (secondary N) is 1. The summed E-state index contributed by atoms with van der Waals surface area (Å²) >= 11 is 6.19. The molecular weight excluding hydrogens is 423 g/mol. The molecule has 0 aliphatic heterocycles. The van der Waals surface area contributed by atoms with Crippen LogP contribution in [0.25, 0.3) is 0 Å². The third kappa shape index (κ3) is 4.92. The number of amides is 1. The number of anilines is 1. The van der Waals surface area contributed by atoms with E-state index in [4.69, 9.17) is 20.9 Å². The Kier molecular flexibility index (Phi) is 5.99. The van der Waals surface area contributed by atoms with Crippen molar-refractivity contribution in [3.63, 3.8) is 0 Å². The Hall–Kier alpha value is -3.65. The largest absolute Gasteiger partial charge is 0.489 e. The molecular formula is C22H18ClFN4O3. The van der Waals surface area contributed by atoms with Crippen LogP contribution in [0.1, 0.15) is 27.4 Å². The molecule has 0 unspecified atom stereocenters. The van der Waals surface area contributed by atoms with E-state index >= 15 is 0 Å². The number of aryl methyl sites for hydroxylation is 1. The predicted octanol–water partition coefficient (Wildman–Crippen LogP) is 4.85. The molecule has 4 rings (SSSR count). The van der Waals surface area contributed by atoms with Crippen LogP contribution in [0.3, 0.4) is 0 Å². The van der Waals surface area contributed by atoms with Gasteiger partial charge in [-0.15, -0.1) is 0 Å². The van der Waals surface area contributed by atoms with Gasteiger partial charge in [-0.25, -0.2) is 4.39 Å². The number of hydrogen-bond acceptors (Lipinski definition) is 5. The zero-order valence-electron chi connectivity index (χ0n) is 16.5. The third-order valence-corrected chi connectivity index (χ3v) is 4.95. The molecule has 2 aromatic carbocycles. The molecule has 0 spiro atoms. The Labute approximate surface area is 182 Å². The maximum atomic E-state index is 13.0. The third-order valence-electron chi connectivity index (χ3n) is 4.58. The van der Waals surface area contributed by atoms with E-state index in [1.165, 1.54) is 30.5 Å². The summed E-state index contributed by atoms with van der Waals surface area (Å²) in [5.74, 6) is 0.117. The molecule has 1 N–H and O–H groups in total. The average Bonchev–Trinajstić information content (AvgIpc) is 3.35. The van der Waals surface area contributed by atoms with Crippen LogP contribution in [0.15, 0.2) is 65.4 Å². The summed E-state index contributed by atoms with van der Waals surface area (Å²) in [6.45, 7) is 2.21. The molecule has 2 heterocycles. The van der Waals surface area contributed by atoms with E-state index in [-0.39, 0.29) is 18.1 Å². The highest BCUT2D eigenvalue weighted by Gasteiger charge is 2.21. The highest BCUT2D eigenvalue weighted by molar-refractivity contribution is 6.31. The van der Waals surface area contributed by atoms with E-state index in [0.29, 0.717) is 34.3 Å². The molecule has 0 saturated carbocycles. The van der Waals surface area contributed by atoms with Crippen LogP contribution in [0, 0.1) is 12.7 Å². The van der Waals surface area contributed by atoms with Gasteiger partial charge in [0, 0.05) is 11.2 Å². The first kappa shape index (κ1) is 20.6. The quantitative estimate of drug-likeness (QED) is 0.444. The van der Waals surface area contributed by atoms with Gasteiger partial charge in [0.2, 0.25) is 0 Å². The predicted molar refractivity (Wildman–Crippen MR) is 113 cm³/mol. The Morgan fingerprint density at radius 1 is 1.23 bits per heavy atom. The van der Waals surface area contributed by atoms with E-state index < -0.39 is 5.91 Å². The van der Waals surface area contributed by atoms with Crippen molar-refractivity contribution in [2.75, 3.05) is 5.32 Å². The molecule has 4 aromatic rings. The summed E-state index contributed by atoms with van der Waals surface area (Å²) < 4.78 is 25.5. The van der Waals surface area contributed by atoms with Crippen LogP contribution in [-0.4, -0.2) is 20.8 Å². The van der Waals surface area contributed by atoms with Gasteiger partial charge in [0.1, 0.15) is 23.9 Å². The zero-order chi connectivity index (χ0) is 21.8. The molecule has 9 heteroatoms. The van der Waals surface area contributed by atoms with Gasteiger partial charge >= 0.3 is 0 Å². The van der Waals surface area contributed by atoms with E-state index in [9.17, 15) is 9.18 Å². The van der Waals surface area contributed by atoms with Crippen molar-refractivity contribution in [2.24, 2.45) is 0 Å². The number of halogens is 2. The van der Waals surface area contributed by atoms with Crippen LogP contribution < -0.4 is 10.1 Å². The molecule has 158 valence electrons. The van der Waals surface area contributed by atoms with Gasteiger partial charge in [-0.05, 0) is 42.8 Å². The molecule has 0 atom stereocenters. The maximum absolute atomic E-state index is 13.0. The molecule has 0 aliphatic carbocycles. The van der Waals surface area contributed by atoms with Crippen LogP contribution >= 0.6 is 11.6 Å². The Balaban J connectivity index is 1.43. The lowest BCUT2D eigenvalue weighted by Gasteiger charge is -2.07.